The number of hydrogen-bond donors (Lipinski definition) is 1. The summed E-state index contributed by atoms with van der Waals surface area (Å²) in [7, 11) is 6.66. The number of likely N-dealkylation sites (tertiary alicyclic amines) is 1. The van der Waals surface area contributed by atoms with Gasteiger partial charge in [-0.05, 0) is 30.0 Å². The van der Waals surface area contributed by atoms with E-state index in [1.165, 1.54) is 25.3 Å². The Kier molecular flexibility index (Phi) is 5.77. The first kappa shape index (κ1) is 22.1. The van der Waals surface area contributed by atoms with E-state index in [2.05, 4.69) is 45.0 Å². The summed E-state index contributed by atoms with van der Waals surface area (Å²) >= 11 is 0. The highest BCUT2D eigenvalue weighted by molar-refractivity contribution is 5.90. The van der Waals surface area contributed by atoms with Crippen molar-refractivity contribution in [2.75, 3.05) is 46.4 Å². The third-order valence-corrected chi connectivity index (χ3v) is 6.62. The lowest BCUT2D eigenvalue weighted by atomic mass is 9.98. The van der Waals surface area contributed by atoms with Crippen molar-refractivity contribution >= 4 is 28.4 Å². The van der Waals surface area contributed by atoms with Gasteiger partial charge in [0.05, 0.1) is 32.5 Å². The Bertz CT molecular complexity index is 1330. The van der Waals surface area contributed by atoms with Crippen molar-refractivity contribution < 1.29 is 14.2 Å². The van der Waals surface area contributed by atoms with E-state index in [1.807, 2.05) is 0 Å². The van der Waals surface area contributed by atoms with E-state index in [-0.39, 0.29) is 5.56 Å². The molecule has 1 fully saturated rings. The summed E-state index contributed by atoms with van der Waals surface area (Å²) < 4.78 is 16.4. The summed E-state index contributed by atoms with van der Waals surface area (Å²) in [6.07, 6.45) is 3.00. The molecule has 0 saturated carbocycles. The summed E-state index contributed by atoms with van der Waals surface area (Å²) in [6.45, 7) is 2.43. The van der Waals surface area contributed by atoms with Crippen LogP contribution in [-0.2, 0) is 13.0 Å². The van der Waals surface area contributed by atoms with Gasteiger partial charge in [-0.25, -0.2) is 4.99 Å². The van der Waals surface area contributed by atoms with Crippen LogP contribution in [0.25, 0.3) is 10.9 Å². The molecule has 0 unspecified atom stereocenters. The average molecular weight is 464 g/mol. The zero-order valence-electron chi connectivity index (χ0n) is 20.0. The molecule has 0 spiro atoms. The van der Waals surface area contributed by atoms with Crippen molar-refractivity contribution in [3.8, 4) is 17.2 Å². The largest absolute Gasteiger partial charge is 0.493 e. The van der Waals surface area contributed by atoms with E-state index >= 15 is 0 Å². The second-order valence-corrected chi connectivity index (χ2v) is 8.57. The molecule has 2 aromatic carbocycles. The number of benzene rings is 2. The number of H-pyrrole nitrogens is 1. The molecule has 9 nitrogen and oxygen atoms in total. The van der Waals surface area contributed by atoms with E-state index in [9.17, 15) is 4.79 Å². The number of fused-ring (bicyclic) bond motifs is 2. The van der Waals surface area contributed by atoms with E-state index in [1.54, 1.807) is 13.2 Å². The Morgan fingerprint density at radius 3 is 2.59 bits per heavy atom. The number of aliphatic imine (C=N–C) groups is 1. The fourth-order valence-electron chi connectivity index (χ4n) is 4.87. The van der Waals surface area contributed by atoms with Crippen LogP contribution in [0.1, 0.15) is 24.0 Å². The Morgan fingerprint density at radius 1 is 1.06 bits per heavy atom. The smallest absolute Gasteiger partial charge is 0.286 e. The molecule has 3 heterocycles. The van der Waals surface area contributed by atoms with Crippen molar-refractivity contribution in [2.24, 2.45) is 4.99 Å². The fourth-order valence-corrected chi connectivity index (χ4v) is 4.87. The van der Waals surface area contributed by atoms with Gasteiger partial charge < -0.3 is 29.0 Å². The molecule has 2 aliphatic rings. The number of ether oxygens (including phenoxy) is 3. The fraction of sp³-hybridized carbons (Fsp3) is 0.400. The molecule has 2 aliphatic heterocycles. The second kappa shape index (κ2) is 8.89. The van der Waals surface area contributed by atoms with Gasteiger partial charge in [0.25, 0.3) is 5.56 Å². The van der Waals surface area contributed by atoms with Crippen LogP contribution in [0, 0.1) is 0 Å². The molecule has 0 amide bonds. The van der Waals surface area contributed by atoms with Gasteiger partial charge in [0, 0.05) is 39.2 Å². The minimum atomic E-state index is -0.378. The number of nitrogens with one attached hydrogen (secondary N) is 1. The van der Waals surface area contributed by atoms with E-state index in [0.717, 1.165) is 43.9 Å². The van der Waals surface area contributed by atoms with Gasteiger partial charge in [0.2, 0.25) is 11.7 Å². The van der Waals surface area contributed by atoms with Crippen molar-refractivity contribution in [3.63, 3.8) is 0 Å². The summed E-state index contributed by atoms with van der Waals surface area (Å²) in [5.74, 6) is 2.82. The lowest BCUT2D eigenvalue weighted by molar-refractivity contribution is 0.327. The predicted octanol–water partition coefficient (Wildman–Crippen LogP) is 3.27. The Hall–Kier alpha value is -3.75. The van der Waals surface area contributed by atoms with Crippen LogP contribution in [0.3, 0.4) is 0 Å². The number of methoxy groups -OCH3 is 3. The first-order chi connectivity index (χ1) is 16.5. The van der Waals surface area contributed by atoms with Gasteiger partial charge in [-0.2, -0.15) is 4.98 Å². The van der Waals surface area contributed by atoms with Crippen molar-refractivity contribution in [1.29, 1.82) is 0 Å². The number of aromatic amines is 1. The molecular weight excluding hydrogens is 434 g/mol. The highest BCUT2D eigenvalue weighted by Crippen LogP contribution is 2.41. The van der Waals surface area contributed by atoms with Crippen LogP contribution < -0.4 is 24.7 Å². The standard InChI is InChI=1S/C25H29N5O4/c1-29-11-6-9-20(29)26-17-8-5-7-15-14-30(12-10-16(15)17)25-27-18-13-19(32-2)22(33-3)23(34-4)21(18)24(31)28-25/h5,7-8,13H,6,9-12,14H2,1-4H3,(H,27,28,31)/b26-20+. The zero-order valence-corrected chi connectivity index (χ0v) is 20.0. The van der Waals surface area contributed by atoms with Crippen molar-refractivity contribution in [2.45, 2.75) is 25.8 Å². The minimum Gasteiger partial charge on any atom is -0.493 e. The number of hydrogen-bond acceptors (Lipinski definition) is 7. The maximum Gasteiger partial charge on any atom is 0.286 e. The molecule has 0 radical (unpaired) electrons. The van der Waals surface area contributed by atoms with Gasteiger partial charge in [-0.1, -0.05) is 12.1 Å². The third kappa shape index (κ3) is 3.70. The number of aromatic nitrogens is 2. The number of anilines is 1. The van der Waals surface area contributed by atoms with Crippen LogP contribution in [0.15, 0.2) is 34.1 Å². The lowest BCUT2D eigenvalue weighted by Crippen LogP contribution is -2.33. The number of amidine groups is 1. The van der Waals surface area contributed by atoms with Crippen LogP contribution in [0.2, 0.25) is 0 Å². The number of nitrogens with zero attached hydrogens (tertiary/aromatic N) is 4. The minimum absolute atomic E-state index is 0.307. The SMILES string of the molecule is COc1cc2[nH]c(N3CCc4c(cccc4/N=C4\CCCN4C)C3)nc(=O)c2c(OC)c1OC. The molecule has 0 bridgehead atoms. The molecule has 0 atom stereocenters. The molecule has 0 aliphatic carbocycles. The summed E-state index contributed by atoms with van der Waals surface area (Å²) in [6, 6.07) is 8.01. The Balaban J connectivity index is 1.52. The molecule has 1 N–H and O–H groups in total. The van der Waals surface area contributed by atoms with E-state index < -0.39 is 0 Å². The first-order valence-corrected chi connectivity index (χ1v) is 11.4. The van der Waals surface area contributed by atoms with E-state index in [0.29, 0.717) is 40.6 Å². The van der Waals surface area contributed by atoms with Gasteiger partial charge in [-0.3, -0.25) is 4.79 Å². The molecule has 178 valence electrons. The van der Waals surface area contributed by atoms with Crippen LogP contribution >= 0.6 is 0 Å². The third-order valence-electron chi connectivity index (χ3n) is 6.62. The second-order valence-electron chi connectivity index (χ2n) is 8.57. The molecule has 34 heavy (non-hydrogen) atoms. The maximum absolute atomic E-state index is 13.1. The molecule has 5 rings (SSSR count). The monoisotopic (exact) mass is 463 g/mol. The average Bonchev–Trinajstić information content (AvgIpc) is 3.26. The normalized spacial score (nSPS) is 16.8. The molecule has 1 saturated heterocycles. The predicted molar refractivity (Wildman–Crippen MR) is 132 cm³/mol. The van der Waals surface area contributed by atoms with Crippen molar-refractivity contribution in [3.05, 3.63) is 45.7 Å². The summed E-state index contributed by atoms with van der Waals surface area (Å²) in [5, 5.41) is 0.333. The van der Waals surface area contributed by atoms with Gasteiger partial charge in [0.15, 0.2) is 11.5 Å². The van der Waals surface area contributed by atoms with Crippen LogP contribution in [-0.4, -0.2) is 62.2 Å². The van der Waals surface area contributed by atoms with Gasteiger partial charge in [-0.15, -0.1) is 0 Å². The summed E-state index contributed by atoms with van der Waals surface area (Å²) in [4.78, 5) is 30.0. The highest BCUT2D eigenvalue weighted by Gasteiger charge is 2.24. The quantitative estimate of drug-likeness (QED) is 0.621. The summed E-state index contributed by atoms with van der Waals surface area (Å²) in [5.41, 5.74) is 3.71. The first-order valence-electron chi connectivity index (χ1n) is 11.4. The molecule has 9 heteroatoms. The van der Waals surface area contributed by atoms with Gasteiger partial charge in [0.1, 0.15) is 11.2 Å². The highest BCUT2D eigenvalue weighted by atomic mass is 16.5. The van der Waals surface area contributed by atoms with E-state index in [4.69, 9.17) is 19.2 Å². The topological polar surface area (TPSA) is 92.3 Å². The maximum atomic E-state index is 13.1. The Morgan fingerprint density at radius 2 is 1.88 bits per heavy atom. The number of rotatable bonds is 5. The molecular formula is C25H29N5O4. The Labute approximate surface area is 198 Å². The van der Waals surface area contributed by atoms with Crippen LogP contribution in [0.5, 0.6) is 17.2 Å². The van der Waals surface area contributed by atoms with Gasteiger partial charge >= 0.3 is 0 Å². The zero-order chi connectivity index (χ0) is 23.8. The molecule has 3 aromatic rings. The lowest BCUT2D eigenvalue weighted by Gasteiger charge is -2.30. The molecule has 1 aromatic heterocycles. The van der Waals surface area contributed by atoms with Crippen LogP contribution in [0.4, 0.5) is 11.6 Å². The van der Waals surface area contributed by atoms with Crippen molar-refractivity contribution in [1.82, 2.24) is 14.9 Å².